The van der Waals surface area contributed by atoms with E-state index >= 15 is 0 Å². The number of hydrogen-bond donors (Lipinski definition) is 1. The largest absolute Gasteiger partial charge is 0.481 e. The molecule has 0 radical (unpaired) electrons. The third kappa shape index (κ3) is 4.20. The summed E-state index contributed by atoms with van der Waals surface area (Å²) in [5.74, 6) is -1.18. The van der Waals surface area contributed by atoms with E-state index in [4.69, 9.17) is 16.7 Å². The molecule has 2 rings (SSSR count). The zero-order valence-corrected chi connectivity index (χ0v) is 13.8. The molecule has 4 nitrogen and oxygen atoms in total. The van der Waals surface area contributed by atoms with Crippen LogP contribution in [0.2, 0.25) is 5.02 Å². The van der Waals surface area contributed by atoms with Crippen molar-refractivity contribution >= 4 is 43.3 Å². The van der Waals surface area contributed by atoms with Gasteiger partial charge in [-0.3, -0.25) is 4.79 Å². The molecule has 1 aromatic rings. The molecule has 110 valence electrons. The predicted octanol–water partition coefficient (Wildman–Crippen LogP) is 3.27. The number of carboxylic acids is 1. The van der Waals surface area contributed by atoms with Gasteiger partial charge in [0.05, 0.1) is 17.9 Å². The SMILES string of the molecule is O=C(O)CC1(CS(=O)(=O)Cc2ccc(Br)cc2Cl)CC1. The van der Waals surface area contributed by atoms with Crippen LogP contribution < -0.4 is 0 Å². The highest BCUT2D eigenvalue weighted by molar-refractivity contribution is 9.10. The molecule has 0 atom stereocenters. The van der Waals surface area contributed by atoms with Crippen LogP contribution in [0.3, 0.4) is 0 Å². The fourth-order valence-corrected chi connectivity index (χ4v) is 5.23. The molecule has 0 aliphatic heterocycles. The Hall–Kier alpha value is -0.590. The van der Waals surface area contributed by atoms with Crippen LogP contribution in [0.5, 0.6) is 0 Å². The van der Waals surface area contributed by atoms with E-state index in [9.17, 15) is 13.2 Å². The van der Waals surface area contributed by atoms with E-state index in [1.807, 2.05) is 0 Å². The van der Waals surface area contributed by atoms with E-state index < -0.39 is 21.2 Å². The topological polar surface area (TPSA) is 71.4 Å². The molecule has 0 unspecified atom stereocenters. The fraction of sp³-hybridized carbons (Fsp3) is 0.462. The van der Waals surface area contributed by atoms with Gasteiger partial charge in [0.25, 0.3) is 0 Å². The first kappa shape index (κ1) is 15.8. The van der Waals surface area contributed by atoms with Crippen LogP contribution in [-0.2, 0) is 20.4 Å². The summed E-state index contributed by atoms with van der Waals surface area (Å²) < 4.78 is 25.2. The van der Waals surface area contributed by atoms with Crippen LogP contribution in [0.4, 0.5) is 0 Å². The molecule has 1 saturated carbocycles. The number of carboxylic acid groups (broad SMARTS) is 1. The highest BCUT2D eigenvalue weighted by atomic mass is 79.9. The fourth-order valence-electron chi connectivity index (χ4n) is 2.26. The molecule has 20 heavy (non-hydrogen) atoms. The third-order valence-electron chi connectivity index (χ3n) is 3.40. The Morgan fingerprint density at radius 2 is 2.05 bits per heavy atom. The first-order valence-corrected chi connectivity index (χ1v) is 9.07. The minimum Gasteiger partial charge on any atom is -0.481 e. The molecule has 0 heterocycles. The zero-order chi connectivity index (χ0) is 15.0. The quantitative estimate of drug-likeness (QED) is 0.821. The van der Waals surface area contributed by atoms with Crippen LogP contribution >= 0.6 is 27.5 Å². The van der Waals surface area contributed by atoms with Crippen molar-refractivity contribution in [2.75, 3.05) is 5.75 Å². The number of benzene rings is 1. The van der Waals surface area contributed by atoms with Crippen molar-refractivity contribution in [1.29, 1.82) is 0 Å². The summed E-state index contributed by atoms with van der Waals surface area (Å²) in [4.78, 5) is 10.8. The lowest BCUT2D eigenvalue weighted by molar-refractivity contribution is -0.138. The molecule has 1 aliphatic rings. The van der Waals surface area contributed by atoms with Gasteiger partial charge in [-0.25, -0.2) is 8.42 Å². The van der Waals surface area contributed by atoms with Crippen molar-refractivity contribution in [1.82, 2.24) is 0 Å². The van der Waals surface area contributed by atoms with Gasteiger partial charge in [0.1, 0.15) is 0 Å². The molecule has 0 bridgehead atoms. The molecule has 1 N–H and O–H groups in total. The minimum absolute atomic E-state index is 0.0830. The average Bonchev–Trinajstić information content (AvgIpc) is 2.99. The molecule has 1 aromatic carbocycles. The van der Waals surface area contributed by atoms with Gasteiger partial charge >= 0.3 is 5.97 Å². The van der Waals surface area contributed by atoms with Crippen LogP contribution in [0.1, 0.15) is 24.8 Å². The van der Waals surface area contributed by atoms with E-state index in [1.165, 1.54) is 0 Å². The van der Waals surface area contributed by atoms with Crippen LogP contribution in [-0.4, -0.2) is 25.2 Å². The predicted molar refractivity (Wildman–Crippen MR) is 80.6 cm³/mol. The number of carbonyl (C=O) groups is 1. The lowest BCUT2D eigenvalue weighted by atomic mass is 10.1. The van der Waals surface area contributed by atoms with E-state index in [0.29, 0.717) is 23.4 Å². The van der Waals surface area contributed by atoms with Gasteiger partial charge in [0, 0.05) is 9.50 Å². The summed E-state index contributed by atoms with van der Waals surface area (Å²) in [5.41, 5.74) is -0.0204. The zero-order valence-electron chi connectivity index (χ0n) is 10.6. The second-order valence-electron chi connectivity index (χ2n) is 5.34. The molecule has 0 spiro atoms. The van der Waals surface area contributed by atoms with Gasteiger partial charge in [-0.05, 0) is 36.0 Å². The summed E-state index contributed by atoms with van der Waals surface area (Å²) in [7, 11) is -3.37. The molecule has 0 aromatic heterocycles. The summed E-state index contributed by atoms with van der Waals surface area (Å²) in [6.07, 6.45) is 1.24. The summed E-state index contributed by atoms with van der Waals surface area (Å²) in [6.45, 7) is 0. The maximum Gasteiger partial charge on any atom is 0.303 e. The number of aliphatic carboxylic acids is 1. The summed E-state index contributed by atoms with van der Waals surface area (Å²) in [5, 5.41) is 9.22. The van der Waals surface area contributed by atoms with E-state index in [-0.39, 0.29) is 17.9 Å². The number of sulfone groups is 1. The molecule has 1 fully saturated rings. The van der Waals surface area contributed by atoms with Gasteiger partial charge in [-0.1, -0.05) is 33.6 Å². The Labute approximate surface area is 131 Å². The maximum atomic E-state index is 12.2. The van der Waals surface area contributed by atoms with E-state index in [1.54, 1.807) is 18.2 Å². The Kier molecular flexibility index (Phi) is 4.47. The van der Waals surface area contributed by atoms with Crippen molar-refractivity contribution in [3.8, 4) is 0 Å². The van der Waals surface area contributed by atoms with Gasteiger partial charge in [-0.2, -0.15) is 0 Å². The highest BCUT2D eigenvalue weighted by Crippen LogP contribution is 2.50. The molecule has 1 aliphatic carbocycles. The van der Waals surface area contributed by atoms with Crippen molar-refractivity contribution in [2.24, 2.45) is 5.41 Å². The van der Waals surface area contributed by atoms with Crippen molar-refractivity contribution in [3.63, 3.8) is 0 Å². The number of rotatable bonds is 6. The van der Waals surface area contributed by atoms with Crippen LogP contribution in [0.15, 0.2) is 22.7 Å². The average molecular weight is 382 g/mol. The van der Waals surface area contributed by atoms with Crippen molar-refractivity contribution in [2.45, 2.75) is 25.0 Å². The van der Waals surface area contributed by atoms with E-state index in [2.05, 4.69) is 15.9 Å². The lowest BCUT2D eigenvalue weighted by Crippen LogP contribution is -2.21. The Morgan fingerprint density at radius 3 is 2.55 bits per heavy atom. The van der Waals surface area contributed by atoms with Crippen LogP contribution in [0.25, 0.3) is 0 Å². The summed E-state index contributed by atoms with van der Waals surface area (Å²) >= 11 is 9.28. The molecular formula is C13H14BrClO4S. The molecule has 0 saturated heterocycles. The number of halogens is 2. The summed E-state index contributed by atoms with van der Waals surface area (Å²) in [6, 6.07) is 5.05. The van der Waals surface area contributed by atoms with E-state index in [0.717, 1.165) is 4.47 Å². The first-order chi connectivity index (χ1) is 9.21. The van der Waals surface area contributed by atoms with Gasteiger partial charge in [-0.15, -0.1) is 0 Å². The number of hydrogen-bond acceptors (Lipinski definition) is 3. The molecule has 7 heteroatoms. The second-order valence-corrected chi connectivity index (χ2v) is 8.73. The Morgan fingerprint density at radius 1 is 1.40 bits per heavy atom. The van der Waals surface area contributed by atoms with Crippen molar-refractivity contribution < 1.29 is 18.3 Å². The monoisotopic (exact) mass is 380 g/mol. The van der Waals surface area contributed by atoms with Gasteiger partial charge in [0.15, 0.2) is 9.84 Å². The lowest BCUT2D eigenvalue weighted by Gasteiger charge is -2.13. The van der Waals surface area contributed by atoms with Crippen LogP contribution in [0, 0.1) is 5.41 Å². The normalized spacial score (nSPS) is 16.9. The van der Waals surface area contributed by atoms with Crippen molar-refractivity contribution in [3.05, 3.63) is 33.3 Å². The smallest absolute Gasteiger partial charge is 0.303 e. The Balaban J connectivity index is 2.10. The first-order valence-electron chi connectivity index (χ1n) is 6.08. The molecule has 0 amide bonds. The standard InChI is InChI=1S/C13H14BrClO4S/c14-10-2-1-9(11(15)5-10)7-20(18,19)8-13(3-4-13)6-12(16)17/h1-2,5H,3-4,6-8H2,(H,16,17). The van der Waals surface area contributed by atoms with Gasteiger partial charge < -0.3 is 5.11 Å². The third-order valence-corrected chi connectivity index (χ3v) is 6.05. The Bertz CT molecular complexity index is 638. The minimum atomic E-state index is -3.37. The highest BCUT2D eigenvalue weighted by Gasteiger charge is 2.47. The second kappa shape index (κ2) is 5.66. The van der Waals surface area contributed by atoms with Gasteiger partial charge in [0.2, 0.25) is 0 Å². The molecular weight excluding hydrogens is 368 g/mol. The maximum absolute atomic E-state index is 12.2.